The van der Waals surface area contributed by atoms with Gasteiger partial charge in [0.05, 0.1) is 0 Å². The van der Waals surface area contributed by atoms with Crippen molar-refractivity contribution in [1.29, 1.82) is 0 Å². The topological polar surface area (TPSA) is 87.7 Å². The maximum Gasteiger partial charge on any atom is 0.408 e. The molecule has 2 unspecified atom stereocenters. The van der Waals surface area contributed by atoms with Gasteiger partial charge in [0.2, 0.25) is 11.8 Å². The molecule has 1 rings (SSSR count). The van der Waals surface area contributed by atoms with E-state index in [4.69, 9.17) is 4.74 Å². The van der Waals surface area contributed by atoms with Gasteiger partial charge in [-0.3, -0.25) is 9.59 Å². The third kappa shape index (κ3) is 10.1. The van der Waals surface area contributed by atoms with Crippen molar-refractivity contribution in [3.63, 3.8) is 0 Å². The predicted octanol–water partition coefficient (Wildman–Crippen LogP) is 5.13. The Hall–Kier alpha value is -2.57. The largest absolute Gasteiger partial charge is 0.444 e. The number of ether oxygens (including phenoxy) is 1. The summed E-state index contributed by atoms with van der Waals surface area (Å²) in [6.45, 7) is 19.4. The second-order valence-electron chi connectivity index (χ2n) is 11.4. The van der Waals surface area contributed by atoms with E-state index in [1.54, 1.807) is 25.7 Å². The first-order chi connectivity index (χ1) is 15.5. The van der Waals surface area contributed by atoms with Crippen LogP contribution in [-0.4, -0.2) is 46.5 Å². The average molecular weight is 476 g/mol. The number of hydrogen-bond donors (Lipinski definition) is 2. The van der Waals surface area contributed by atoms with Crippen molar-refractivity contribution in [2.24, 2.45) is 5.92 Å². The summed E-state index contributed by atoms with van der Waals surface area (Å²) in [5.41, 5.74) is 0.589. The molecule has 0 spiro atoms. The van der Waals surface area contributed by atoms with Crippen LogP contribution in [0.2, 0.25) is 0 Å². The van der Waals surface area contributed by atoms with Crippen LogP contribution >= 0.6 is 0 Å². The molecule has 0 heterocycles. The Morgan fingerprint density at radius 1 is 1.06 bits per heavy atom. The van der Waals surface area contributed by atoms with Gasteiger partial charge in [-0.05, 0) is 72.8 Å². The fourth-order valence-electron chi connectivity index (χ4n) is 3.70. The number of amides is 3. The molecule has 1 aromatic carbocycles. The second kappa shape index (κ2) is 12.2. The van der Waals surface area contributed by atoms with Crippen LogP contribution in [0.25, 0.3) is 0 Å². The van der Waals surface area contributed by atoms with Gasteiger partial charge in [0, 0.05) is 12.1 Å². The molecule has 1 aromatic rings. The van der Waals surface area contributed by atoms with Crippen molar-refractivity contribution in [3.05, 3.63) is 35.4 Å². The lowest BCUT2D eigenvalue weighted by molar-refractivity contribution is -0.143. The molecular weight excluding hydrogens is 430 g/mol. The lowest BCUT2D eigenvalue weighted by atomic mass is 9.97. The molecule has 0 aliphatic carbocycles. The first kappa shape index (κ1) is 29.5. The maximum atomic E-state index is 13.9. The number of carbonyl (C=O) groups is 3. The molecule has 0 aliphatic heterocycles. The molecule has 0 bridgehead atoms. The minimum atomic E-state index is -0.818. The molecule has 2 atom stereocenters. The number of carbonyl (C=O) groups excluding carboxylic acids is 3. The summed E-state index contributed by atoms with van der Waals surface area (Å²) in [6.07, 6.45) is 0.450. The van der Waals surface area contributed by atoms with Gasteiger partial charge in [-0.15, -0.1) is 0 Å². The molecule has 34 heavy (non-hydrogen) atoms. The zero-order chi connectivity index (χ0) is 26.3. The minimum Gasteiger partial charge on any atom is -0.444 e. The van der Waals surface area contributed by atoms with E-state index < -0.39 is 29.3 Å². The number of hydrogen-bond acceptors (Lipinski definition) is 4. The fourth-order valence-corrected chi connectivity index (χ4v) is 3.70. The van der Waals surface area contributed by atoms with Crippen molar-refractivity contribution >= 4 is 17.9 Å². The number of nitrogens with zero attached hydrogens (tertiary/aromatic N) is 1. The minimum absolute atomic E-state index is 0.146. The number of alkyl carbamates (subject to hydrolysis) is 1. The van der Waals surface area contributed by atoms with Gasteiger partial charge >= 0.3 is 6.09 Å². The summed E-state index contributed by atoms with van der Waals surface area (Å²) in [5.74, 6) is -0.398. The van der Waals surface area contributed by atoms with Gasteiger partial charge < -0.3 is 20.3 Å². The molecule has 7 heteroatoms. The van der Waals surface area contributed by atoms with Crippen LogP contribution in [0.5, 0.6) is 0 Å². The number of nitrogens with one attached hydrogen (secondary N) is 2. The van der Waals surface area contributed by atoms with Crippen LogP contribution in [-0.2, 0) is 14.3 Å². The van der Waals surface area contributed by atoms with Gasteiger partial charge in [0.25, 0.3) is 0 Å². The van der Waals surface area contributed by atoms with Crippen molar-refractivity contribution in [2.45, 2.75) is 105 Å². The van der Waals surface area contributed by atoms with Crippen LogP contribution in [0.4, 0.5) is 4.79 Å². The Morgan fingerprint density at radius 3 is 2.15 bits per heavy atom. The highest BCUT2D eigenvalue weighted by Crippen LogP contribution is 2.26. The molecule has 0 aromatic heterocycles. The standard InChI is InChI=1S/C27H45N3O4/c1-11-15-30(24(32)21(16-18(2)3)28-25(33)34-27(8,9)10)22(23(31)29-26(5,6)7)20-14-12-13-19(4)17-20/h12-14,17-18,21-22H,11,15-16H2,1-10H3,(H,28,33)(H,29,31). The highest BCUT2D eigenvalue weighted by molar-refractivity contribution is 5.92. The Labute approximate surface area is 206 Å². The van der Waals surface area contributed by atoms with E-state index in [9.17, 15) is 14.4 Å². The third-order valence-electron chi connectivity index (χ3n) is 4.86. The van der Waals surface area contributed by atoms with E-state index in [0.29, 0.717) is 19.4 Å². The molecular formula is C27H45N3O4. The Kier molecular flexibility index (Phi) is 10.6. The molecule has 0 aliphatic rings. The van der Waals surface area contributed by atoms with Crippen molar-refractivity contribution in [2.75, 3.05) is 6.54 Å². The Bertz CT molecular complexity index is 837. The van der Waals surface area contributed by atoms with Crippen molar-refractivity contribution < 1.29 is 19.1 Å². The molecule has 192 valence electrons. The first-order valence-corrected chi connectivity index (χ1v) is 12.2. The quantitative estimate of drug-likeness (QED) is 0.518. The van der Waals surface area contributed by atoms with Crippen LogP contribution in [0.15, 0.2) is 24.3 Å². The van der Waals surface area contributed by atoms with Crippen LogP contribution in [0.3, 0.4) is 0 Å². The van der Waals surface area contributed by atoms with E-state index in [0.717, 1.165) is 11.1 Å². The monoisotopic (exact) mass is 475 g/mol. The molecule has 3 amide bonds. The summed E-state index contributed by atoms with van der Waals surface area (Å²) >= 11 is 0. The molecule has 0 saturated carbocycles. The number of aryl methyl sites for hydroxylation is 1. The van der Waals surface area contributed by atoms with Crippen LogP contribution in [0, 0.1) is 12.8 Å². The lowest BCUT2D eigenvalue weighted by Crippen LogP contribution is -2.55. The molecule has 0 saturated heterocycles. The van der Waals surface area contributed by atoms with Crippen LogP contribution < -0.4 is 10.6 Å². The van der Waals surface area contributed by atoms with Gasteiger partial charge in [-0.2, -0.15) is 0 Å². The zero-order valence-electron chi connectivity index (χ0n) is 22.7. The van der Waals surface area contributed by atoms with E-state index in [1.165, 1.54) is 0 Å². The number of benzene rings is 1. The third-order valence-corrected chi connectivity index (χ3v) is 4.86. The van der Waals surface area contributed by atoms with E-state index >= 15 is 0 Å². The summed E-state index contributed by atoms with van der Waals surface area (Å²) in [7, 11) is 0. The van der Waals surface area contributed by atoms with Crippen LogP contribution in [0.1, 0.15) is 92.3 Å². The summed E-state index contributed by atoms with van der Waals surface area (Å²) in [5, 5.41) is 5.80. The zero-order valence-corrected chi connectivity index (χ0v) is 22.7. The van der Waals surface area contributed by atoms with Gasteiger partial charge in [0.1, 0.15) is 17.7 Å². The predicted molar refractivity (Wildman–Crippen MR) is 136 cm³/mol. The SMILES string of the molecule is CCCN(C(=O)C(CC(C)C)NC(=O)OC(C)(C)C)C(C(=O)NC(C)(C)C)c1cccc(C)c1. The molecule has 0 radical (unpaired) electrons. The van der Waals surface area contributed by atoms with E-state index in [2.05, 4.69) is 10.6 Å². The van der Waals surface area contributed by atoms with Gasteiger partial charge in [-0.1, -0.05) is 50.6 Å². The normalized spacial score (nSPS) is 13.7. The molecule has 7 nitrogen and oxygen atoms in total. The fraction of sp³-hybridized carbons (Fsp3) is 0.667. The highest BCUT2D eigenvalue weighted by Gasteiger charge is 2.37. The Balaban J connectivity index is 3.45. The maximum absolute atomic E-state index is 13.9. The number of rotatable bonds is 9. The van der Waals surface area contributed by atoms with E-state index in [-0.39, 0.29) is 17.7 Å². The smallest absolute Gasteiger partial charge is 0.408 e. The molecule has 0 fully saturated rings. The highest BCUT2D eigenvalue weighted by atomic mass is 16.6. The first-order valence-electron chi connectivity index (χ1n) is 12.2. The average Bonchev–Trinajstić information content (AvgIpc) is 2.63. The lowest BCUT2D eigenvalue weighted by Gasteiger charge is -2.36. The second-order valence-corrected chi connectivity index (χ2v) is 11.4. The summed E-state index contributed by atoms with van der Waals surface area (Å²) < 4.78 is 5.41. The van der Waals surface area contributed by atoms with Gasteiger partial charge in [0.15, 0.2) is 0 Å². The van der Waals surface area contributed by atoms with Crippen molar-refractivity contribution in [1.82, 2.24) is 15.5 Å². The molecule has 2 N–H and O–H groups in total. The Morgan fingerprint density at radius 2 is 1.68 bits per heavy atom. The van der Waals surface area contributed by atoms with Gasteiger partial charge in [-0.25, -0.2) is 4.79 Å². The van der Waals surface area contributed by atoms with E-state index in [1.807, 2.05) is 72.7 Å². The van der Waals surface area contributed by atoms with Crippen molar-refractivity contribution in [3.8, 4) is 0 Å². The summed E-state index contributed by atoms with van der Waals surface area (Å²) in [4.78, 5) is 41.6. The summed E-state index contributed by atoms with van der Waals surface area (Å²) in [6, 6.07) is 6.02.